The smallest absolute Gasteiger partial charge is 0.338 e. The second-order valence-corrected chi connectivity index (χ2v) is 5.60. The predicted molar refractivity (Wildman–Crippen MR) is 84.6 cm³/mol. The molecule has 2 aromatic rings. The predicted octanol–water partition coefficient (Wildman–Crippen LogP) is 3.67. The van der Waals surface area contributed by atoms with Crippen LogP contribution in [0.15, 0.2) is 30.6 Å². The largest absolute Gasteiger partial charge is 0.419 e. The van der Waals surface area contributed by atoms with E-state index in [1.807, 2.05) is 17.8 Å². The number of alkyl halides is 3. The molecule has 0 aliphatic carbocycles. The number of urea groups is 1. The van der Waals surface area contributed by atoms with E-state index >= 15 is 0 Å². The fourth-order valence-electron chi connectivity index (χ4n) is 2.25. The second-order valence-electron chi connectivity index (χ2n) is 5.60. The van der Waals surface area contributed by atoms with Gasteiger partial charge in [-0.3, -0.25) is 0 Å². The number of rotatable bonds is 5. The zero-order valence-electron chi connectivity index (χ0n) is 13.8. The number of aromatic nitrogens is 2. The quantitative estimate of drug-likeness (QED) is 0.829. The molecule has 0 aliphatic heterocycles. The topological polar surface area (TPSA) is 50.2 Å². The fourth-order valence-corrected chi connectivity index (χ4v) is 2.25. The zero-order valence-corrected chi connectivity index (χ0v) is 13.8. The number of carbonyl (C=O) groups excluding carboxylic acids is 1. The van der Waals surface area contributed by atoms with Crippen molar-refractivity contribution in [1.82, 2.24) is 14.5 Å². The number of aryl methyl sites for hydroxylation is 2. The van der Waals surface area contributed by atoms with Crippen molar-refractivity contribution in [2.45, 2.75) is 19.0 Å². The highest BCUT2D eigenvalue weighted by Gasteiger charge is 2.34. The summed E-state index contributed by atoms with van der Waals surface area (Å²) >= 11 is 0. The van der Waals surface area contributed by atoms with Gasteiger partial charge in [0.25, 0.3) is 0 Å². The molecule has 0 saturated heterocycles. The minimum absolute atomic E-state index is 0.0357. The molecule has 1 aromatic carbocycles. The van der Waals surface area contributed by atoms with Gasteiger partial charge in [0.05, 0.1) is 5.56 Å². The number of hydrogen-bond donors (Lipinski definition) is 1. The van der Waals surface area contributed by atoms with Crippen LogP contribution >= 0.6 is 0 Å². The van der Waals surface area contributed by atoms with Crippen molar-refractivity contribution < 1.29 is 22.4 Å². The highest BCUT2D eigenvalue weighted by molar-refractivity contribution is 5.89. The average Bonchev–Trinajstić information content (AvgIpc) is 2.91. The summed E-state index contributed by atoms with van der Waals surface area (Å²) in [6.07, 6.45) is 0.0797. The summed E-state index contributed by atoms with van der Waals surface area (Å²) in [5, 5.41) is 2.38. The second kappa shape index (κ2) is 7.54. The Labute approximate surface area is 142 Å². The molecule has 1 aromatic heterocycles. The lowest BCUT2D eigenvalue weighted by atomic mass is 10.2. The number of benzene rings is 1. The molecule has 2 rings (SSSR count). The normalized spacial score (nSPS) is 11.4. The summed E-state index contributed by atoms with van der Waals surface area (Å²) in [4.78, 5) is 17.6. The van der Waals surface area contributed by atoms with E-state index in [1.165, 1.54) is 4.90 Å². The van der Waals surface area contributed by atoms with Crippen LogP contribution in [0.4, 0.5) is 28.0 Å². The monoisotopic (exact) mass is 358 g/mol. The third-order valence-electron chi connectivity index (χ3n) is 3.69. The molecule has 2 amide bonds. The molecule has 0 fully saturated rings. The molecule has 0 spiro atoms. The average molecular weight is 358 g/mol. The number of anilines is 1. The number of carbonyl (C=O) groups is 1. The van der Waals surface area contributed by atoms with Gasteiger partial charge >= 0.3 is 12.2 Å². The van der Waals surface area contributed by atoms with E-state index in [0.29, 0.717) is 31.5 Å². The first-order valence-corrected chi connectivity index (χ1v) is 7.53. The van der Waals surface area contributed by atoms with Gasteiger partial charge in [-0.05, 0) is 24.6 Å². The molecule has 136 valence electrons. The number of amides is 2. The standard InChI is InChI=1S/C16H18F4N4O/c1-23-9-7-21-14(23)4-3-8-24(2)15(25)22-11-5-6-12(13(17)10-11)16(18,19)20/h5-7,9-10H,3-4,8H2,1-2H3,(H,22,25). The molecule has 9 heteroatoms. The number of hydrogen-bond acceptors (Lipinski definition) is 2. The lowest BCUT2D eigenvalue weighted by Crippen LogP contribution is -2.32. The van der Waals surface area contributed by atoms with Gasteiger partial charge < -0.3 is 14.8 Å². The molecular weight excluding hydrogens is 340 g/mol. The highest BCUT2D eigenvalue weighted by Crippen LogP contribution is 2.32. The first-order valence-electron chi connectivity index (χ1n) is 7.53. The van der Waals surface area contributed by atoms with Crippen molar-refractivity contribution in [2.24, 2.45) is 7.05 Å². The van der Waals surface area contributed by atoms with Gasteiger partial charge in [0, 0.05) is 45.1 Å². The maximum atomic E-state index is 13.5. The van der Waals surface area contributed by atoms with Crippen molar-refractivity contribution in [2.75, 3.05) is 18.9 Å². The Bertz CT molecular complexity index is 742. The van der Waals surface area contributed by atoms with Gasteiger partial charge in [0.2, 0.25) is 0 Å². The Kier molecular flexibility index (Phi) is 5.66. The lowest BCUT2D eigenvalue weighted by molar-refractivity contribution is -0.139. The van der Waals surface area contributed by atoms with Gasteiger partial charge in [0.1, 0.15) is 11.6 Å². The molecule has 0 bridgehead atoms. The van der Waals surface area contributed by atoms with E-state index < -0.39 is 23.6 Å². The summed E-state index contributed by atoms with van der Waals surface area (Å²) in [6.45, 7) is 0.418. The highest BCUT2D eigenvalue weighted by atomic mass is 19.4. The Morgan fingerprint density at radius 1 is 1.36 bits per heavy atom. The van der Waals surface area contributed by atoms with E-state index in [0.717, 1.165) is 11.9 Å². The SMILES string of the molecule is CN(CCCc1nccn1C)C(=O)Nc1ccc(C(F)(F)F)c(F)c1. The summed E-state index contributed by atoms with van der Waals surface area (Å²) in [7, 11) is 3.42. The number of halogens is 4. The third-order valence-corrected chi connectivity index (χ3v) is 3.69. The molecule has 0 atom stereocenters. The molecule has 0 unspecified atom stereocenters. The molecule has 0 radical (unpaired) electrons. The van der Waals surface area contributed by atoms with Crippen LogP contribution in [0, 0.1) is 5.82 Å². The molecule has 25 heavy (non-hydrogen) atoms. The summed E-state index contributed by atoms with van der Waals surface area (Å²) in [6, 6.07) is 1.75. The number of imidazole rings is 1. The van der Waals surface area contributed by atoms with E-state index in [2.05, 4.69) is 10.3 Å². The van der Waals surface area contributed by atoms with Crippen LogP contribution in [0.25, 0.3) is 0 Å². The summed E-state index contributed by atoms with van der Waals surface area (Å²) in [5.74, 6) is -0.540. The first kappa shape index (κ1) is 18.8. The molecule has 0 aliphatic rings. The number of nitrogens with one attached hydrogen (secondary N) is 1. The molecule has 5 nitrogen and oxygen atoms in total. The first-order chi connectivity index (χ1) is 11.7. The van der Waals surface area contributed by atoms with Crippen LogP contribution in [-0.4, -0.2) is 34.1 Å². The lowest BCUT2D eigenvalue weighted by Gasteiger charge is -2.18. The fraction of sp³-hybridized carbons (Fsp3) is 0.375. The van der Waals surface area contributed by atoms with Crippen LogP contribution in [0.2, 0.25) is 0 Å². The van der Waals surface area contributed by atoms with Crippen molar-refractivity contribution in [3.05, 3.63) is 47.8 Å². The van der Waals surface area contributed by atoms with Crippen LogP contribution in [0.3, 0.4) is 0 Å². The maximum Gasteiger partial charge on any atom is 0.419 e. The van der Waals surface area contributed by atoms with Crippen LogP contribution in [0.5, 0.6) is 0 Å². The number of nitrogens with zero attached hydrogens (tertiary/aromatic N) is 3. The Morgan fingerprint density at radius 2 is 2.08 bits per heavy atom. The van der Waals surface area contributed by atoms with Crippen molar-refractivity contribution >= 4 is 11.7 Å². The van der Waals surface area contributed by atoms with E-state index in [-0.39, 0.29) is 5.69 Å². The summed E-state index contributed by atoms with van der Waals surface area (Å²) in [5.41, 5.74) is -1.40. The molecule has 1 heterocycles. The van der Waals surface area contributed by atoms with Gasteiger partial charge in [-0.2, -0.15) is 13.2 Å². The van der Waals surface area contributed by atoms with Gasteiger partial charge in [-0.15, -0.1) is 0 Å². The van der Waals surface area contributed by atoms with Gasteiger partial charge in [-0.25, -0.2) is 14.2 Å². The van der Waals surface area contributed by atoms with Crippen molar-refractivity contribution in [1.29, 1.82) is 0 Å². The minimum atomic E-state index is -4.77. The van der Waals surface area contributed by atoms with Crippen LogP contribution < -0.4 is 5.32 Å². The molecule has 0 saturated carbocycles. The van der Waals surface area contributed by atoms with Gasteiger partial charge in [0.15, 0.2) is 0 Å². The Hall–Kier alpha value is -2.58. The van der Waals surface area contributed by atoms with E-state index in [9.17, 15) is 22.4 Å². The van der Waals surface area contributed by atoms with E-state index in [4.69, 9.17) is 0 Å². The summed E-state index contributed by atoms with van der Waals surface area (Å²) < 4.78 is 52.9. The van der Waals surface area contributed by atoms with Crippen LogP contribution in [-0.2, 0) is 19.6 Å². The maximum absolute atomic E-state index is 13.5. The molecular formula is C16H18F4N4O. The van der Waals surface area contributed by atoms with Crippen molar-refractivity contribution in [3.63, 3.8) is 0 Å². The Balaban J connectivity index is 1.88. The zero-order chi connectivity index (χ0) is 18.6. The van der Waals surface area contributed by atoms with E-state index in [1.54, 1.807) is 13.2 Å². The van der Waals surface area contributed by atoms with Gasteiger partial charge in [-0.1, -0.05) is 0 Å². The third kappa shape index (κ3) is 4.94. The minimum Gasteiger partial charge on any atom is -0.338 e. The Morgan fingerprint density at radius 3 is 2.64 bits per heavy atom. The van der Waals surface area contributed by atoms with Crippen LogP contribution in [0.1, 0.15) is 17.8 Å². The van der Waals surface area contributed by atoms with Crippen molar-refractivity contribution in [3.8, 4) is 0 Å². The molecule has 1 N–H and O–H groups in total.